The minimum absolute atomic E-state index is 0.0159. The number of carbonyl (C=O) groups excluding carboxylic acids is 1. The Balaban J connectivity index is 2.14. The van der Waals surface area contributed by atoms with Crippen molar-refractivity contribution in [1.29, 1.82) is 0 Å². The lowest BCUT2D eigenvalue weighted by Crippen LogP contribution is -2.43. The molecule has 0 amide bonds. The molecule has 3 nitrogen and oxygen atoms in total. The Kier molecular flexibility index (Phi) is 3.24. The molecule has 16 heavy (non-hydrogen) atoms. The summed E-state index contributed by atoms with van der Waals surface area (Å²) in [6, 6.07) is 0. The first-order valence-electron chi connectivity index (χ1n) is 6.36. The smallest absolute Gasteiger partial charge is 0.293 e. The van der Waals surface area contributed by atoms with E-state index in [0.717, 1.165) is 32.1 Å². The molecule has 2 fully saturated rings. The van der Waals surface area contributed by atoms with Crippen LogP contribution >= 0.6 is 0 Å². The van der Waals surface area contributed by atoms with Gasteiger partial charge < -0.3 is 9.84 Å². The molecule has 92 valence electrons. The second kappa shape index (κ2) is 4.36. The van der Waals surface area contributed by atoms with Crippen LogP contribution in [-0.2, 0) is 9.53 Å². The molecule has 0 aliphatic heterocycles. The van der Waals surface area contributed by atoms with Crippen molar-refractivity contribution in [2.75, 3.05) is 0 Å². The van der Waals surface area contributed by atoms with E-state index < -0.39 is 0 Å². The summed E-state index contributed by atoms with van der Waals surface area (Å²) in [6.45, 7) is 4.80. The van der Waals surface area contributed by atoms with Gasteiger partial charge in [0.25, 0.3) is 6.47 Å². The van der Waals surface area contributed by atoms with Crippen LogP contribution in [0.25, 0.3) is 0 Å². The number of aliphatic hydroxyl groups is 1. The Hall–Kier alpha value is -0.570. The molecule has 0 saturated heterocycles. The van der Waals surface area contributed by atoms with Crippen LogP contribution in [0.3, 0.4) is 0 Å². The van der Waals surface area contributed by atoms with Crippen LogP contribution in [0, 0.1) is 17.3 Å². The van der Waals surface area contributed by atoms with Crippen molar-refractivity contribution in [1.82, 2.24) is 0 Å². The van der Waals surface area contributed by atoms with E-state index in [9.17, 15) is 9.90 Å². The topological polar surface area (TPSA) is 46.5 Å². The van der Waals surface area contributed by atoms with Gasteiger partial charge in [-0.1, -0.05) is 13.3 Å². The van der Waals surface area contributed by atoms with Gasteiger partial charge in [0.05, 0.1) is 6.10 Å². The van der Waals surface area contributed by atoms with E-state index in [0.29, 0.717) is 18.3 Å². The van der Waals surface area contributed by atoms with Gasteiger partial charge in [0.2, 0.25) is 0 Å². The molecule has 0 aromatic heterocycles. The molecule has 2 aliphatic carbocycles. The molecule has 0 bridgehead atoms. The van der Waals surface area contributed by atoms with Gasteiger partial charge in [0.1, 0.15) is 6.10 Å². The Morgan fingerprint density at radius 2 is 2.19 bits per heavy atom. The molecule has 0 aromatic rings. The second-order valence-electron chi connectivity index (χ2n) is 5.69. The largest absolute Gasteiger partial charge is 0.465 e. The number of ether oxygens (including phenoxy) is 1. The highest BCUT2D eigenvalue weighted by Crippen LogP contribution is 2.56. The van der Waals surface area contributed by atoms with Crippen LogP contribution in [-0.4, -0.2) is 23.8 Å². The molecule has 2 aliphatic rings. The van der Waals surface area contributed by atoms with Crippen molar-refractivity contribution in [2.24, 2.45) is 17.3 Å². The van der Waals surface area contributed by atoms with E-state index in [1.54, 1.807) is 0 Å². The fourth-order valence-corrected chi connectivity index (χ4v) is 4.14. The zero-order chi connectivity index (χ0) is 11.8. The minimum atomic E-state index is -0.146. The first kappa shape index (κ1) is 11.9. The summed E-state index contributed by atoms with van der Waals surface area (Å²) in [5.41, 5.74) is 0.167. The number of carbonyl (C=O) groups is 1. The van der Waals surface area contributed by atoms with E-state index in [2.05, 4.69) is 6.92 Å². The van der Waals surface area contributed by atoms with Gasteiger partial charge in [0.15, 0.2) is 0 Å². The Bertz CT molecular complexity index is 266. The first-order valence-corrected chi connectivity index (χ1v) is 6.36. The van der Waals surface area contributed by atoms with Crippen LogP contribution < -0.4 is 0 Å². The second-order valence-corrected chi connectivity index (χ2v) is 5.69. The van der Waals surface area contributed by atoms with Crippen LogP contribution in [0.1, 0.15) is 46.0 Å². The summed E-state index contributed by atoms with van der Waals surface area (Å²) in [5, 5.41) is 10.1. The Morgan fingerprint density at radius 1 is 1.44 bits per heavy atom. The minimum Gasteiger partial charge on any atom is -0.465 e. The van der Waals surface area contributed by atoms with Crippen LogP contribution in [0.2, 0.25) is 0 Å². The normalized spacial score (nSPS) is 44.8. The third-order valence-corrected chi connectivity index (χ3v) is 5.00. The summed E-state index contributed by atoms with van der Waals surface area (Å²) in [7, 11) is 0. The molecule has 2 rings (SSSR count). The van der Waals surface area contributed by atoms with Gasteiger partial charge in [-0.05, 0) is 43.9 Å². The molecule has 3 heteroatoms. The molecule has 0 heterocycles. The predicted molar refractivity (Wildman–Crippen MR) is 60.8 cm³/mol. The van der Waals surface area contributed by atoms with E-state index >= 15 is 0 Å². The molecule has 0 aromatic carbocycles. The number of rotatable bonds is 3. The lowest BCUT2D eigenvalue weighted by Gasteiger charge is -2.44. The van der Waals surface area contributed by atoms with Crippen molar-refractivity contribution in [3.63, 3.8) is 0 Å². The fourth-order valence-electron chi connectivity index (χ4n) is 4.14. The summed E-state index contributed by atoms with van der Waals surface area (Å²) in [5.74, 6) is 0.821. The summed E-state index contributed by atoms with van der Waals surface area (Å²) in [6.07, 6.45) is 5.19. The van der Waals surface area contributed by atoms with Gasteiger partial charge in [0, 0.05) is 5.92 Å². The van der Waals surface area contributed by atoms with Crippen molar-refractivity contribution in [2.45, 2.75) is 58.2 Å². The third-order valence-electron chi connectivity index (χ3n) is 5.00. The third kappa shape index (κ3) is 1.75. The highest BCUT2D eigenvalue weighted by Gasteiger charge is 2.52. The quantitative estimate of drug-likeness (QED) is 0.750. The molecule has 0 radical (unpaired) electrons. The van der Waals surface area contributed by atoms with E-state index in [-0.39, 0.29) is 17.6 Å². The highest BCUT2D eigenvalue weighted by molar-refractivity contribution is 5.37. The number of hydrogen-bond donors (Lipinski definition) is 1. The summed E-state index contributed by atoms with van der Waals surface area (Å²) in [4.78, 5) is 10.4. The molecule has 2 saturated carbocycles. The zero-order valence-corrected chi connectivity index (χ0v) is 10.2. The van der Waals surface area contributed by atoms with Gasteiger partial charge in [-0.15, -0.1) is 0 Å². The molecule has 1 N–H and O–H groups in total. The maximum absolute atomic E-state index is 10.4. The highest BCUT2D eigenvalue weighted by atomic mass is 16.5. The van der Waals surface area contributed by atoms with Gasteiger partial charge >= 0.3 is 0 Å². The zero-order valence-electron chi connectivity index (χ0n) is 10.2. The summed E-state index contributed by atoms with van der Waals surface area (Å²) < 4.78 is 5.11. The molecule has 4 unspecified atom stereocenters. The average Bonchev–Trinajstić information content (AvgIpc) is 2.57. The first-order chi connectivity index (χ1) is 7.59. The van der Waals surface area contributed by atoms with Crippen molar-refractivity contribution in [3.05, 3.63) is 0 Å². The molecule has 0 spiro atoms. The monoisotopic (exact) mass is 226 g/mol. The van der Waals surface area contributed by atoms with Crippen molar-refractivity contribution >= 4 is 6.47 Å². The van der Waals surface area contributed by atoms with E-state index in [1.165, 1.54) is 0 Å². The number of hydrogen-bond acceptors (Lipinski definition) is 3. The van der Waals surface area contributed by atoms with Crippen LogP contribution in [0.5, 0.6) is 0 Å². The average molecular weight is 226 g/mol. The number of fused-ring (bicyclic) bond motifs is 1. The molecular weight excluding hydrogens is 204 g/mol. The lowest BCUT2D eigenvalue weighted by atomic mass is 9.63. The Morgan fingerprint density at radius 3 is 2.88 bits per heavy atom. The summed E-state index contributed by atoms with van der Waals surface area (Å²) >= 11 is 0. The lowest BCUT2D eigenvalue weighted by molar-refractivity contribution is -0.138. The number of aliphatic hydroxyl groups excluding tert-OH is 1. The van der Waals surface area contributed by atoms with Crippen molar-refractivity contribution in [3.8, 4) is 0 Å². The standard InChI is InChI=1S/C13H22O3/c1-9(16-8-14)10-5-6-11-12(15)4-3-7-13(10,11)2/h8-12,15H,3-7H2,1-2H3/t9-,10?,11?,12?,13?/m0/s1. The van der Waals surface area contributed by atoms with Gasteiger partial charge in [-0.2, -0.15) is 0 Å². The SMILES string of the molecule is C[C@H](OC=O)C1CCC2C(O)CCCC21C. The molecule has 5 atom stereocenters. The maximum Gasteiger partial charge on any atom is 0.293 e. The van der Waals surface area contributed by atoms with Gasteiger partial charge in [-0.25, -0.2) is 0 Å². The van der Waals surface area contributed by atoms with Crippen LogP contribution in [0.15, 0.2) is 0 Å². The molecular formula is C13H22O3. The fraction of sp³-hybridized carbons (Fsp3) is 0.923. The van der Waals surface area contributed by atoms with Gasteiger partial charge in [-0.3, -0.25) is 4.79 Å². The van der Waals surface area contributed by atoms with Crippen molar-refractivity contribution < 1.29 is 14.6 Å². The maximum atomic E-state index is 10.4. The van der Waals surface area contributed by atoms with E-state index in [4.69, 9.17) is 4.74 Å². The van der Waals surface area contributed by atoms with E-state index in [1.807, 2.05) is 6.92 Å². The Labute approximate surface area is 97.2 Å². The predicted octanol–water partition coefficient (Wildman–Crippen LogP) is 2.13. The van der Waals surface area contributed by atoms with Crippen LogP contribution in [0.4, 0.5) is 0 Å².